The first-order valence-corrected chi connectivity index (χ1v) is 7.26. The van der Waals surface area contributed by atoms with Gasteiger partial charge in [0.2, 0.25) is 0 Å². The summed E-state index contributed by atoms with van der Waals surface area (Å²) in [6.45, 7) is 2.15. The zero-order chi connectivity index (χ0) is 12.8. The molecule has 0 unspecified atom stereocenters. The molecule has 2 aromatic heterocycles. The SMILES string of the molecule is Cc1csc(-n2c3ccccc3c3ccccc32)c1. The predicted molar refractivity (Wildman–Crippen MR) is 83.4 cm³/mol. The lowest BCUT2D eigenvalue weighted by atomic mass is 10.2. The van der Waals surface area contributed by atoms with Crippen molar-refractivity contribution in [3.8, 4) is 5.00 Å². The van der Waals surface area contributed by atoms with Crippen LogP contribution in [0.5, 0.6) is 0 Å². The van der Waals surface area contributed by atoms with E-state index in [-0.39, 0.29) is 0 Å². The third-order valence-corrected chi connectivity index (χ3v) is 4.55. The van der Waals surface area contributed by atoms with Crippen molar-refractivity contribution >= 4 is 33.1 Å². The number of para-hydroxylation sites is 2. The van der Waals surface area contributed by atoms with Gasteiger partial charge in [-0.05, 0) is 36.1 Å². The van der Waals surface area contributed by atoms with Crippen LogP contribution in [0.15, 0.2) is 60.0 Å². The Kier molecular flexibility index (Phi) is 2.26. The standard InChI is InChI=1S/C17H13NS/c1-12-10-17(19-11-12)18-15-8-4-2-6-13(15)14-7-3-5-9-16(14)18/h2-11H,1H3. The van der Waals surface area contributed by atoms with Crippen LogP contribution < -0.4 is 0 Å². The maximum atomic E-state index is 2.36. The number of aryl methyl sites for hydroxylation is 1. The molecular weight excluding hydrogens is 250 g/mol. The van der Waals surface area contributed by atoms with Gasteiger partial charge in [0.25, 0.3) is 0 Å². The summed E-state index contributed by atoms with van der Waals surface area (Å²) in [6, 6.07) is 19.5. The zero-order valence-electron chi connectivity index (χ0n) is 10.6. The average molecular weight is 263 g/mol. The molecule has 19 heavy (non-hydrogen) atoms. The third kappa shape index (κ3) is 1.53. The van der Waals surface area contributed by atoms with Crippen molar-refractivity contribution in [2.45, 2.75) is 6.92 Å². The van der Waals surface area contributed by atoms with Gasteiger partial charge in [-0.2, -0.15) is 0 Å². The molecule has 0 spiro atoms. The number of fused-ring (bicyclic) bond motifs is 3. The van der Waals surface area contributed by atoms with E-state index in [1.54, 1.807) is 11.3 Å². The van der Waals surface area contributed by atoms with Crippen LogP contribution in [0, 0.1) is 6.92 Å². The lowest BCUT2D eigenvalue weighted by molar-refractivity contribution is 1.22. The first kappa shape index (κ1) is 10.8. The predicted octanol–water partition coefficient (Wildman–Crippen LogP) is 5.15. The van der Waals surface area contributed by atoms with Gasteiger partial charge in [-0.1, -0.05) is 36.4 Å². The second-order valence-corrected chi connectivity index (χ2v) is 5.72. The van der Waals surface area contributed by atoms with Gasteiger partial charge in [0.05, 0.1) is 11.0 Å². The van der Waals surface area contributed by atoms with Crippen LogP contribution >= 0.6 is 11.3 Å². The summed E-state index contributed by atoms with van der Waals surface area (Å²) in [7, 11) is 0. The van der Waals surface area contributed by atoms with E-state index in [2.05, 4.69) is 71.5 Å². The zero-order valence-corrected chi connectivity index (χ0v) is 11.4. The lowest BCUT2D eigenvalue weighted by Gasteiger charge is -2.03. The first-order chi connectivity index (χ1) is 9.34. The minimum atomic E-state index is 1.28. The second kappa shape index (κ2) is 3.97. The number of nitrogens with zero attached hydrogens (tertiary/aromatic N) is 1. The molecule has 0 bridgehead atoms. The molecule has 2 heterocycles. The molecule has 0 atom stereocenters. The first-order valence-electron chi connectivity index (χ1n) is 6.38. The van der Waals surface area contributed by atoms with Crippen molar-refractivity contribution in [1.82, 2.24) is 4.57 Å². The highest BCUT2D eigenvalue weighted by Crippen LogP contribution is 2.33. The Balaban J connectivity index is 2.23. The van der Waals surface area contributed by atoms with Crippen molar-refractivity contribution in [2.24, 2.45) is 0 Å². The van der Waals surface area contributed by atoms with Crippen LogP contribution in [0.25, 0.3) is 26.8 Å². The average Bonchev–Trinajstić information content (AvgIpc) is 3.00. The number of aromatic nitrogens is 1. The van der Waals surface area contributed by atoms with E-state index >= 15 is 0 Å². The van der Waals surface area contributed by atoms with Crippen LogP contribution in [0.4, 0.5) is 0 Å². The van der Waals surface area contributed by atoms with Gasteiger partial charge in [-0.25, -0.2) is 0 Å². The van der Waals surface area contributed by atoms with Crippen molar-refractivity contribution in [3.63, 3.8) is 0 Å². The molecule has 4 aromatic rings. The molecule has 0 saturated carbocycles. The van der Waals surface area contributed by atoms with Crippen molar-refractivity contribution < 1.29 is 0 Å². The molecule has 0 amide bonds. The smallest absolute Gasteiger partial charge is 0.100 e. The Bertz CT molecular complexity index is 829. The topological polar surface area (TPSA) is 4.93 Å². The van der Waals surface area contributed by atoms with Crippen LogP contribution in [0.2, 0.25) is 0 Å². The van der Waals surface area contributed by atoms with Gasteiger partial charge in [0, 0.05) is 10.8 Å². The van der Waals surface area contributed by atoms with E-state index in [1.165, 1.54) is 32.4 Å². The van der Waals surface area contributed by atoms with Crippen molar-refractivity contribution in [3.05, 3.63) is 65.5 Å². The summed E-state index contributed by atoms with van der Waals surface area (Å²) < 4.78 is 2.36. The highest BCUT2D eigenvalue weighted by atomic mass is 32.1. The number of hydrogen-bond donors (Lipinski definition) is 0. The molecule has 0 radical (unpaired) electrons. The van der Waals surface area contributed by atoms with Gasteiger partial charge in [-0.15, -0.1) is 11.3 Å². The molecule has 0 aliphatic carbocycles. The summed E-state index contributed by atoms with van der Waals surface area (Å²) in [6.07, 6.45) is 0. The number of hydrogen-bond acceptors (Lipinski definition) is 1. The second-order valence-electron chi connectivity index (χ2n) is 4.83. The van der Waals surface area contributed by atoms with E-state index < -0.39 is 0 Å². The Labute approximate surface area is 115 Å². The maximum Gasteiger partial charge on any atom is 0.100 e. The summed E-state index contributed by atoms with van der Waals surface area (Å²) in [4.78, 5) is 0. The van der Waals surface area contributed by atoms with E-state index in [0.717, 1.165) is 0 Å². The number of benzene rings is 2. The largest absolute Gasteiger partial charge is 0.301 e. The molecule has 0 fully saturated rings. The Morgan fingerprint density at radius 1 is 0.842 bits per heavy atom. The molecule has 0 N–H and O–H groups in total. The van der Waals surface area contributed by atoms with Gasteiger partial charge in [0.15, 0.2) is 0 Å². The molecule has 4 rings (SSSR count). The summed E-state index contributed by atoms with van der Waals surface area (Å²) in [5.41, 5.74) is 3.89. The fourth-order valence-corrected chi connectivity index (χ4v) is 3.62. The summed E-state index contributed by atoms with van der Waals surface area (Å²) in [5, 5.41) is 6.14. The fraction of sp³-hybridized carbons (Fsp3) is 0.0588. The number of thiophene rings is 1. The van der Waals surface area contributed by atoms with Crippen LogP contribution in [0.3, 0.4) is 0 Å². The van der Waals surface area contributed by atoms with E-state index in [9.17, 15) is 0 Å². The number of rotatable bonds is 1. The Morgan fingerprint density at radius 2 is 1.42 bits per heavy atom. The van der Waals surface area contributed by atoms with Gasteiger partial charge >= 0.3 is 0 Å². The monoisotopic (exact) mass is 263 g/mol. The lowest BCUT2D eigenvalue weighted by Crippen LogP contribution is -1.89. The highest BCUT2D eigenvalue weighted by Gasteiger charge is 2.11. The third-order valence-electron chi connectivity index (χ3n) is 3.52. The molecule has 0 aliphatic heterocycles. The van der Waals surface area contributed by atoms with Crippen LogP contribution in [0.1, 0.15) is 5.56 Å². The minimum absolute atomic E-state index is 1.28. The Morgan fingerprint density at radius 3 is 1.95 bits per heavy atom. The molecule has 0 aliphatic rings. The van der Waals surface area contributed by atoms with Gasteiger partial charge < -0.3 is 4.57 Å². The van der Waals surface area contributed by atoms with Crippen molar-refractivity contribution in [2.75, 3.05) is 0 Å². The Hall–Kier alpha value is -2.06. The summed E-state index contributed by atoms with van der Waals surface area (Å²) >= 11 is 1.80. The molecule has 92 valence electrons. The van der Waals surface area contributed by atoms with Crippen molar-refractivity contribution in [1.29, 1.82) is 0 Å². The molecule has 1 nitrogen and oxygen atoms in total. The minimum Gasteiger partial charge on any atom is -0.301 e. The highest BCUT2D eigenvalue weighted by molar-refractivity contribution is 7.12. The summed E-state index contributed by atoms with van der Waals surface area (Å²) in [5.74, 6) is 0. The fourth-order valence-electron chi connectivity index (χ4n) is 2.69. The molecule has 0 saturated heterocycles. The van der Waals surface area contributed by atoms with Crippen LogP contribution in [-0.2, 0) is 0 Å². The molecule has 2 aromatic carbocycles. The quantitative estimate of drug-likeness (QED) is 0.447. The van der Waals surface area contributed by atoms with E-state index in [1.807, 2.05) is 0 Å². The van der Waals surface area contributed by atoms with Crippen LogP contribution in [-0.4, -0.2) is 4.57 Å². The van der Waals surface area contributed by atoms with E-state index in [4.69, 9.17) is 0 Å². The molecule has 2 heteroatoms. The van der Waals surface area contributed by atoms with E-state index in [0.29, 0.717) is 0 Å². The molecular formula is C17H13NS. The van der Waals surface area contributed by atoms with Gasteiger partial charge in [-0.3, -0.25) is 0 Å². The maximum absolute atomic E-state index is 2.36. The normalized spacial score (nSPS) is 11.4. The van der Waals surface area contributed by atoms with Gasteiger partial charge in [0.1, 0.15) is 5.00 Å².